The smallest absolute Gasteiger partial charge is 0.163 e. The van der Waals surface area contributed by atoms with E-state index in [1.165, 1.54) is 0 Å². The lowest BCUT2D eigenvalue weighted by atomic mass is 10.2. The summed E-state index contributed by atoms with van der Waals surface area (Å²) < 4.78 is 11.0. The fourth-order valence-electron chi connectivity index (χ4n) is 1.28. The standard InChI is InChI=1S/C12H20O2/c1-10(2)7-5-6-8-11-9-13-12(3,4)14-11/h5-8,10-11H,9H2,1-4H3/b7-5+,8-6+/t11-/m0/s1. The van der Waals surface area contributed by atoms with Crippen LogP contribution >= 0.6 is 0 Å². The monoisotopic (exact) mass is 196 g/mol. The van der Waals surface area contributed by atoms with Crippen molar-refractivity contribution >= 4 is 0 Å². The Balaban J connectivity index is 2.32. The first-order chi connectivity index (χ1) is 6.49. The molecule has 1 heterocycles. The first kappa shape index (κ1) is 11.5. The summed E-state index contributed by atoms with van der Waals surface area (Å²) in [6.45, 7) is 8.83. The van der Waals surface area contributed by atoms with E-state index in [1.54, 1.807) is 0 Å². The van der Waals surface area contributed by atoms with E-state index in [4.69, 9.17) is 9.47 Å². The quantitative estimate of drug-likeness (QED) is 0.646. The zero-order valence-corrected chi connectivity index (χ0v) is 9.49. The molecule has 1 aliphatic rings. The SMILES string of the molecule is CC(C)/C=C/C=C/[C@H]1COC(C)(C)O1. The van der Waals surface area contributed by atoms with Gasteiger partial charge in [-0.25, -0.2) is 0 Å². The second-order valence-corrected chi connectivity index (χ2v) is 4.38. The van der Waals surface area contributed by atoms with Crippen molar-refractivity contribution in [3.63, 3.8) is 0 Å². The number of ether oxygens (including phenoxy) is 2. The Morgan fingerprint density at radius 1 is 1.29 bits per heavy atom. The minimum atomic E-state index is -0.420. The molecule has 1 aliphatic heterocycles. The molecule has 0 spiro atoms. The van der Waals surface area contributed by atoms with Gasteiger partial charge in [0.25, 0.3) is 0 Å². The van der Waals surface area contributed by atoms with E-state index < -0.39 is 5.79 Å². The van der Waals surface area contributed by atoms with Crippen molar-refractivity contribution < 1.29 is 9.47 Å². The summed E-state index contributed by atoms with van der Waals surface area (Å²) in [5.74, 6) is 0.174. The highest BCUT2D eigenvalue weighted by molar-refractivity contribution is 5.06. The molecule has 0 bridgehead atoms. The highest BCUT2D eigenvalue weighted by Gasteiger charge is 2.30. The lowest BCUT2D eigenvalue weighted by Gasteiger charge is -2.15. The third kappa shape index (κ3) is 4.07. The molecule has 1 fully saturated rings. The lowest BCUT2D eigenvalue weighted by Crippen LogP contribution is -2.20. The van der Waals surface area contributed by atoms with Gasteiger partial charge < -0.3 is 9.47 Å². The van der Waals surface area contributed by atoms with Crippen molar-refractivity contribution in [2.45, 2.75) is 39.6 Å². The molecule has 0 saturated carbocycles. The normalized spacial score (nSPS) is 27.1. The minimum Gasteiger partial charge on any atom is -0.347 e. The van der Waals surface area contributed by atoms with Gasteiger partial charge in [-0.2, -0.15) is 0 Å². The number of hydrogen-bond acceptors (Lipinski definition) is 2. The number of hydrogen-bond donors (Lipinski definition) is 0. The number of allylic oxidation sites excluding steroid dienone is 3. The fourth-order valence-corrected chi connectivity index (χ4v) is 1.28. The summed E-state index contributed by atoms with van der Waals surface area (Å²) in [5, 5.41) is 0. The van der Waals surface area contributed by atoms with Crippen LogP contribution in [0.25, 0.3) is 0 Å². The Morgan fingerprint density at radius 2 is 2.00 bits per heavy atom. The predicted molar refractivity (Wildman–Crippen MR) is 58.0 cm³/mol. The summed E-state index contributed by atoms with van der Waals surface area (Å²) in [6, 6.07) is 0. The van der Waals surface area contributed by atoms with Crippen molar-refractivity contribution in [3.05, 3.63) is 24.3 Å². The zero-order valence-electron chi connectivity index (χ0n) is 9.49. The van der Waals surface area contributed by atoms with Crippen LogP contribution in [0, 0.1) is 5.92 Å². The van der Waals surface area contributed by atoms with Crippen LogP contribution in [0.1, 0.15) is 27.7 Å². The Bertz CT molecular complexity index is 226. The zero-order chi connectivity index (χ0) is 10.6. The van der Waals surface area contributed by atoms with Gasteiger partial charge in [-0.1, -0.05) is 38.2 Å². The summed E-state index contributed by atoms with van der Waals surface area (Å²) >= 11 is 0. The van der Waals surface area contributed by atoms with Gasteiger partial charge in [0.15, 0.2) is 5.79 Å². The van der Waals surface area contributed by atoms with Crippen molar-refractivity contribution in [2.24, 2.45) is 5.92 Å². The second-order valence-electron chi connectivity index (χ2n) is 4.38. The van der Waals surface area contributed by atoms with Crippen molar-refractivity contribution in [3.8, 4) is 0 Å². The van der Waals surface area contributed by atoms with Gasteiger partial charge in [0.05, 0.1) is 6.61 Å². The van der Waals surface area contributed by atoms with Gasteiger partial charge in [0.1, 0.15) is 6.10 Å². The van der Waals surface area contributed by atoms with Gasteiger partial charge >= 0.3 is 0 Å². The Morgan fingerprint density at radius 3 is 2.50 bits per heavy atom. The van der Waals surface area contributed by atoms with Crippen LogP contribution < -0.4 is 0 Å². The molecular weight excluding hydrogens is 176 g/mol. The average Bonchev–Trinajstić information content (AvgIpc) is 2.39. The van der Waals surface area contributed by atoms with E-state index in [-0.39, 0.29) is 6.10 Å². The molecule has 0 amide bonds. The number of rotatable bonds is 3. The minimum absolute atomic E-state index is 0.0989. The molecule has 0 unspecified atom stereocenters. The molecule has 0 radical (unpaired) electrons. The maximum Gasteiger partial charge on any atom is 0.163 e. The molecule has 1 saturated heterocycles. The second kappa shape index (κ2) is 4.76. The third-order valence-corrected chi connectivity index (χ3v) is 1.96. The van der Waals surface area contributed by atoms with Crippen LogP contribution in [0.2, 0.25) is 0 Å². The van der Waals surface area contributed by atoms with E-state index in [2.05, 4.69) is 26.0 Å². The van der Waals surface area contributed by atoms with Gasteiger partial charge in [-0.3, -0.25) is 0 Å². The van der Waals surface area contributed by atoms with Gasteiger partial charge in [0, 0.05) is 0 Å². The highest BCUT2D eigenvalue weighted by atomic mass is 16.7. The first-order valence-electron chi connectivity index (χ1n) is 5.16. The summed E-state index contributed by atoms with van der Waals surface area (Å²) in [6.07, 6.45) is 8.36. The molecule has 80 valence electrons. The molecule has 0 aromatic heterocycles. The maximum absolute atomic E-state index is 5.61. The van der Waals surface area contributed by atoms with Crippen molar-refractivity contribution in [1.29, 1.82) is 0 Å². The van der Waals surface area contributed by atoms with E-state index in [0.717, 1.165) is 0 Å². The largest absolute Gasteiger partial charge is 0.347 e. The molecule has 0 aromatic carbocycles. The lowest BCUT2D eigenvalue weighted by molar-refractivity contribution is -0.133. The topological polar surface area (TPSA) is 18.5 Å². The van der Waals surface area contributed by atoms with Crippen LogP contribution in [-0.2, 0) is 9.47 Å². The summed E-state index contributed by atoms with van der Waals surface area (Å²) in [5.41, 5.74) is 0. The van der Waals surface area contributed by atoms with Crippen LogP contribution in [0.5, 0.6) is 0 Å². The Hall–Kier alpha value is -0.600. The highest BCUT2D eigenvalue weighted by Crippen LogP contribution is 2.22. The van der Waals surface area contributed by atoms with E-state index in [9.17, 15) is 0 Å². The summed E-state index contributed by atoms with van der Waals surface area (Å²) in [4.78, 5) is 0. The molecule has 2 nitrogen and oxygen atoms in total. The molecular formula is C12H20O2. The molecule has 14 heavy (non-hydrogen) atoms. The van der Waals surface area contributed by atoms with Gasteiger partial charge in [-0.05, 0) is 19.8 Å². The van der Waals surface area contributed by atoms with E-state index in [0.29, 0.717) is 12.5 Å². The summed E-state index contributed by atoms with van der Waals surface area (Å²) in [7, 11) is 0. The van der Waals surface area contributed by atoms with Crippen LogP contribution in [0.15, 0.2) is 24.3 Å². The first-order valence-corrected chi connectivity index (χ1v) is 5.16. The third-order valence-electron chi connectivity index (χ3n) is 1.96. The van der Waals surface area contributed by atoms with Crippen LogP contribution in [0.3, 0.4) is 0 Å². The predicted octanol–water partition coefficient (Wildman–Crippen LogP) is 2.91. The molecule has 1 rings (SSSR count). The maximum atomic E-state index is 5.61. The van der Waals surface area contributed by atoms with E-state index in [1.807, 2.05) is 26.0 Å². The van der Waals surface area contributed by atoms with Gasteiger partial charge in [0.2, 0.25) is 0 Å². The molecule has 0 aliphatic carbocycles. The van der Waals surface area contributed by atoms with Crippen LogP contribution in [0.4, 0.5) is 0 Å². The molecule has 1 atom stereocenters. The molecule has 0 N–H and O–H groups in total. The van der Waals surface area contributed by atoms with Crippen molar-refractivity contribution in [2.75, 3.05) is 6.61 Å². The Labute approximate surface area is 86.6 Å². The molecule has 2 heteroatoms. The van der Waals surface area contributed by atoms with Crippen LogP contribution in [-0.4, -0.2) is 18.5 Å². The van der Waals surface area contributed by atoms with Gasteiger partial charge in [-0.15, -0.1) is 0 Å². The Kier molecular flexibility index (Phi) is 3.90. The average molecular weight is 196 g/mol. The fraction of sp³-hybridized carbons (Fsp3) is 0.667. The van der Waals surface area contributed by atoms with E-state index >= 15 is 0 Å². The van der Waals surface area contributed by atoms with Crippen molar-refractivity contribution in [1.82, 2.24) is 0 Å². The molecule has 0 aromatic rings.